The van der Waals surface area contributed by atoms with Gasteiger partial charge in [0, 0.05) is 4.47 Å². The number of aliphatic hydroxyl groups excluding tert-OH is 1. The molecule has 12 heavy (non-hydrogen) atoms. The van der Waals surface area contributed by atoms with Gasteiger partial charge >= 0.3 is 0 Å². The maximum atomic E-state index is 9.39. The van der Waals surface area contributed by atoms with Crippen LogP contribution in [0, 0.1) is 0 Å². The molecule has 1 aromatic rings. The Morgan fingerprint density at radius 3 is 2.83 bits per heavy atom. The van der Waals surface area contributed by atoms with Gasteiger partial charge in [-0.1, -0.05) is 35.0 Å². The van der Waals surface area contributed by atoms with E-state index in [1.54, 1.807) is 0 Å². The minimum atomic E-state index is -0.209. The number of hydrogen-bond acceptors (Lipinski definition) is 1. The van der Waals surface area contributed by atoms with E-state index in [1.165, 1.54) is 5.56 Å². The molecule has 0 saturated heterocycles. The third-order valence-corrected chi connectivity index (χ3v) is 2.32. The Morgan fingerprint density at radius 1 is 1.50 bits per heavy atom. The summed E-state index contributed by atoms with van der Waals surface area (Å²) in [6, 6.07) is 8.05. The second-order valence-electron chi connectivity index (χ2n) is 2.90. The van der Waals surface area contributed by atoms with Crippen LogP contribution in [0.25, 0.3) is 0 Å². The quantitative estimate of drug-likeness (QED) is 0.844. The van der Waals surface area contributed by atoms with Crippen molar-refractivity contribution >= 4 is 15.9 Å². The van der Waals surface area contributed by atoms with Crippen molar-refractivity contribution in [1.82, 2.24) is 0 Å². The molecule has 0 spiro atoms. The zero-order valence-electron chi connectivity index (χ0n) is 7.13. The molecule has 0 heterocycles. The van der Waals surface area contributed by atoms with Crippen LogP contribution >= 0.6 is 15.9 Å². The summed E-state index contributed by atoms with van der Waals surface area (Å²) >= 11 is 3.39. The van der Waals surface area contributed by atoms with Crippen molar-refractivity contribution in [3.05, 3.63) is 34.3 Å². The molecule has 0 bridgehead atoms. The molecule has 1 rings (SSSR count). The Hall–Kier alpha value is -0.340. The summed E-state index contributed by atoms with van der Waals surface area (Å²) in [4.78, 5) is 0. The third-order valence-electron chi connectivity index (χ3n) is 1.83. The second kappa shape index (κ2) is 4.63. The molecule has 66 valence electrons. The van der Waals surface area contributed by atoms with Crippen molar-refractivity contribution in [1.29, 1.82) is 0 Å². The molecule has 1 nitrogen and oxygen atoms in total. The normalized spacial score (nSPS) is 12.9. The summed E-state index contributed by atoms with van der Waals surface area (Å²) in [6.07, 6.45) is 1.35. The molecular weight excluding hydrogens is 216 g/mol. The van der Waals surface area contributed by atoms with Crippen molar-refractivity contribution in [2.75, 3.05) is 0 Å². The van der Waals surface area contributed by atoms with Gasteiger partial charge in [-0.25, -0.2) is 0 Å². The highest BCUT2D eigenvalue weighted by Gasteiger charge is 2.01. The SMILES string of the molecule is CC[C@@H](O)Cc1cccc(Br)c1. The maximum Gasteiger partial charge on any atom is 0.0577 e. The van der Waals surface area contributed by atoms with Gasteiger partial charge in [0.15, 0.2) is 0 Å². The lowest BCUT2D eigenvalue weighted by atomic mass is 10.1. The average molecular weight is 229 g/mol. The zero-order chi connectivity index (χ0) is 8.97. The van der Waals surface area contributed by atoms with Crippen LogP contribution in [-0.2, 0) is 6.42 Å². The van der Waals surface area contributed by atoms with Crippen LogP contribution in [0.1, 0.15) is 18.9 Å². The third kappa shape index (κ3) is 2.95. The molecule has 0 saturated carbocycles. The minimum absolute atomic E-state index is 0.209. The fraction of sp³-hybridized carbons (Fsp3) is 0.400. The van der Waals surface area contributed by atoms with Crippen LogP contribution in [0.15, 0.2) is 28.7 Å². The van der Waals surface area contributed by atoms with Gasteiger partial charge in [0.1, 0.15) is 0 Å². The van der Waals surface area contributed by atoms with Crippen LogP contribution in [-0.4, -0.2) is 11.2 Å². The summed E-state index contributed by atoms with van der Waals surface area (Å²) in [5.41, 5.74) is 1.18. The second-order valence-corrected chi connectivity index (χ2v) is 3.81. The van der Waals surface area contributed by atoms with E-state index in [0.29, 0.717) is 0 Å². The van der Waals surface area contributed by atoms with Crippen LogP contribution in [0.2, 0.25) is 0 Å². The van der Waals surface area contributed by atoms with Gasteiger partial charge in [0.25, 0.3) is 0 Å². The Labute approximate surface area is 81.6 Å². The molecular formula is C10H13BrO. The Morgan fingerprint density at radius 2 is 2.25 bits per heavy atom. The predicted octanol–water partition coefficient (Wildman–Crippen LogP) is 2.76. The smallest absolute Gasteiger partial charge is 0.0577 e. The molecule has 1 atom stereocenters. The number of aliphatic hydroxyl groups is 1. The molecule has 0 unspecified atom stereocenters. The Bertz CT molecular complexity index is 247. The fourth-order valence-corrected chi connectivity index (χ4v) is 1.53. The number of benzene rings is 1. The first-order valence-corrected chi connectivity index (χ1v) is 4.94. The van der Waals surface area contributed by atoms with Crippen molar-refractivity contribution in [2.45, 2.75) is 25.9 Å². The van der Waals surface area contributed by atoms with Gasteiger partial charge in [-0.05, 0) is 30.5 Å². The van der Waals surface area contributed by atoms with Crippen molar-refractivity contribution in [3.63, 3.8) is 0 Å². The van der Waals surface area contributed by atoms with E-state index in [4.69, 9.17) is 0 Å². The van der Waals surface area contributed by atoms with Crippen molar-refractivity contribution in [2.24, 2.45) is 0 Å². The molecule has 0 fully saturated rings. The van der Waals surface area contributed by atoms with Gasteiger partial charge < -0.3 is 5.11 Å². The number of hydrogen-bond donors (Lipinski definition) is 1. The lowest BCUT2D eigenvalue weighted by Gasteiger charge is -2.07. The maximum absolute atomic E-state index is 9.39. The first kappa shape index (κ1) is 9.75. The lowest BCUT2D eigenvalue weighted by Crippen LogP contribution is -2.07. The van der Waals surface area contributed by atoms with Gasteiger partial charge in [-0.2, -0.15) is 0 Å². The molecule has 0 aliphatic carbocycles. The lowest BCUT2D eigenvalue weighted by molar-refractivity contribution is 0.171. The topological polar surface area (TPSA) is 20.2 Å². The molecule has 0 aromatic heterocycles. The molecule has 1 N–H and O–H groups in total. The van der Waals surface area contributed by atoms with Gasteiger partial charge in [-0.15, -0.1) is 0 Å². The standard InChI is InChI=1S/C10H13BrO/c1-2-10(12)7-8-4-3-5-9(11)6-8/h3-6,10,12H,2,7H2,1H3/t10-/m1/s1. The fourth-order valence-electron chi connectivity index (χ4n) is 1.08. The number of rotatable bonds is 3. The monoisotopic (exact) mass is 228 g/mol. The molecule has 0 radical (unpaired) electrons. The van der Waals surface area contributed by atoms with Crippen LogP contribution < -0.4 is 0 Å². The number of halogens is 1. The Balaban J connectivity index is 2.63. The summed E-state index contributed by atoms with van der Waals surface area (Å²) in [6.45, 7) is 1.99. The summed E-state index contributed by atoms with van der Waals surface area (Å²) in [7, 11) is 0. The van der Waals surface area contributed by atoms with E-state index in [9.17, 15) is 5.11 Å². The summed E-state index contributed by atoms with van der Waals surface area (Å²) in [5, 5.41) is 9.39. The highest BCUT2D eigenvalue weighted by Crippen LogP contribution is 2.13. The van der Waals surface area contributed by atoms with E-state index < -0.39 is 0 Å². The van der Waals surface area contributed by atoms with E-state index in [1.807, 2.05) is 31.2 Å². The van der Waals surface area contributed by atoms with E-state index >= 15 is 0 Å². The van der Waals surface area contributed by atoms with Crippen LogP contribution in [0.4, 0.5) is 0 Å². The summed E-state index contributed by atoms with van der Waals surface area (Å²) in [5.74, 6) is 0. The first-order chi connectivity index (χ1) is 5.72. The highest BCUT2D eigenvalue weighted by atomic mass is 79.9. The van der Waals surface area contributed by atoms with Crippen LogP contribution in [0.3, 0.4) is 0 Å². The molecule has 0 amide bonds. The van der Waals surface area contributed by atoms with Gasteiger partial charge in [0.2, 0.25) is 0 Å². The minimum Gasteiger partial charge on any atom is -0.393 e. The van der Waals surface area contributed by atoms with E-state index in [-0.39, 0.29) is 6.10 Å². The van der Waals surface area contributed by atoms with E-state index in [0.717, 1.165) is 17.3 Å². The molecule has 2 heteroatoms. The molecule has 1 aromatic carbocycles. The first-order valence-electron chi connectivity index (χ1n) is 4.15. The Kier molecular flexibility index (Phi) is 3.76. The van der Waals surface area contributed by atoms with Crippen molar-refractivity contribution < 1.29 is 5.11 Å². The van der Waals surface area contributed by atoms with E-state index in [2.05, 4.69) is 15.9 Å². The summed E-state index contributed by atoms with van der Waals surface area (Å²) < 4.78 is 1.07. The zero-order valence-corrected chi connectivity index (χ0v) is 8.71. The highest BCUT2D eigenvalue weighted by molar-refractivity contribution is 9.10. The average Bonchev–Trinajstić information content (AvgIpc) is 2.04. The molecule has 0 aliphatic heterocycles. The van der Waals surface area contributed by atoms with Crippen LogP contribution in [0.5, 0.6) is 0 Å². The van der Waals surface area contributed by atoms with Gasteiger partial charge in [-0.3, -0.25) is 0 Å². The van der Waals surface area contributed by atoms with Gasteiger partial charge in [0.05, 0.1) is 6.10 Å². The molecule has 0 aliphatic rings. The largest absolute Gasteiger partial charge is 0.393 e. The predicted molar refractivity (Wildman–Crippen MR) is 54.1 cm³/mol. The van der Waals surface area contributed by atoms with Crippen molar-refractivity contribution in [3.8, 4) is 0 Å².